The van der Waals surface area contributed by atoms with E-state index in [1.54, 1.807) is 4.68 Å². The van der Waals surface area contributed by atoms with Gasteiger partial charge in [0, 0.05) is 35.0 Å². The van der Waals surface area contributed by atoms with E-state index in [-0.39, 0.29) is 0 Å². The van der Waals surface area contributed by atoms with Crippen LogP contribution >= 0.6 is 11.3 Å². The molecule has 0 aliphatic rings. The third-order valence-corrected chi connectivity index (χ3v) is 4.05. The molecule has 0 aromatic carbocycles. The summed E-state index contributed by atoms with van der Waals surface area (Å²) in [5.74, 6) is 0.816. The fraction of sp³-hybridized carbons (Fsp3) is 0.500. The molecular weight excluding hydrogens is 258 g/mol. The van der Waals surface area contributed by atoms with Crippen LogP contribution in [0.15, 0.2) is 12.1 Å². The van der Waals surface area contributed by atoms with Crippen molar-refractivity contribution in [3.8, 4) is 5.88 Å². The number of ether oxygens (including phenoxy) is 1. The van der Waals surface area contributed by atoms with Crippen molar-refractivity contribution in [2.24, 2.45) is 7.05 Å². The van der Waals surface area contributed by atoms with Gasteiger partial charge < -0.3 is 10.1 Å². The Bertz CT molecular complexity index is 545. The second kappa shape index (κ2) is 6.21. The molecule has 2 heterocycles. The summed E-state index contributed by atoms with van der Waals surface area (Å²) >= 11 is 1.83. The van der Waals surface area contributed by atoms with Crippen LogP contribution in [0.25, 0.3) is 0 Å². The number of rotatable bonds is 6. The van der Waals surface area contributed by atoms with Gasteiger partial charge in [0.1, 0.15) is 6.61 Å². The summed E-state index contributed by atoms with van der Waals surface area (Å²) in [7, 11) is 1.90. The quantitative estimate of drug-likeness (QED) is 0.883. The molecule has 2 aromatic heterocycles. The van der Waals surface area contributed by atoms with Gasteiger partial charge in [-0.1, -0.05) is 6.92 Å². The smallest absolute Gasteiger partial charge is 0.212 e. The summed E-state index contributed by atoms with van der Waals surface area (Å²) < 4.78 is 7.60. The predicted octanol–water partition coefficient (Wildman–Crippen LogP) is 2.79. The maximum atomic E-state index is 5.83. The summed E-state index contributed by atoms with van der Waals surface area (Å²) in [6.45, 7) is 8.77. The molecule has 0 bridgehead atoms. The van der Waals surface area contributed by atoms with Crippen LogP contribution in [0.1, 0.15) is 27.9 Å². The van der Waals surface area contributed by atoms with Crippen molar-refractivity contribution in [1.29, 1.82) is 0 Å². The van der Waals surface area contributed by atoms with Crippen molar-refractivity contribution in [1.82, 2.24) is 15.1 Å². The van der Waals surface area contributed by atoms with Crippen molar-refractivity contribution >= 4 is 11.3 Å². The molecule has 19 heavy (non-hydrogen) atoms. The second-order valence-corrected chi connectivity index (χ2v) is 5.95. The average Bonchev–Trinajstić information content (AvgIpc) is 2.87. The SMILES string of the molecule is CCNCc1cc(COc2cc(C)nn2C)c(C)s1. The molecule has 1 N–H and O–H groups in total. The van der Waals surface area contributed by atoms with E-state index in [0.717, 1.165) is 24.7 Å². The van der Waals surface area contributed by atoms with Crippen LogP contribution in [0.5, 0.6) is 5.88 Å². The lowest BCUT2D eigenvalue weighted by Crippen LogP contribution is -2.10. The van der Waals surface area contributed by atoms with Crippen LogP contribution in [0.2, 0.25) is 0 Å². The van der Waals surface area contributed by atoms with Crippen molar-refractivity contribution in [3.63, 3.8) is 0 Å². The number of aryl methyl sites for hydroxylation is 3. The molecule has 2 aromatic rings. The summed E-state index contributed by atoms with van der Waals surface area (Å²) in [5.41, 5.74) is 2.24. The molecule has 0 saturated carbocycles. The van der Waals surface area contributed by atoms with Gasteiger partial charge in [0.15, 0.2) is 0 Å². The molecule has 0 amide bonds. The van der Waals surface area contributed by atoms with Crippen molar-refractivity contribution in [2.45, 2.75) is 33.9 Å². The van der Waals surface area contributed by atoms with Gasteiger partial charge in [0.25, 0.3) is 0 Å². The summed E-state index contributed by atoms with van der Waals surface area (Å²) in [4.78, 5) is 2.69. The molecule has 0 radical (unpaired) electrons. The minimum atomic E-state index is 0.605. The molecule has 0 aliphatic carbocycles. The maximum Gasteiger partial charge on any atom is 0.212 e. The molecule has 0 saturated heterocycles. The summed E-state index contributed by atoms with van der Waals surface area (Å²) in [6.07, 6.45) is 0. The number of nitrogens with zero attached hydrogens (tertiary/aromatic N) is 2. The molecule has 0 fully saturated rings. The van der Waals surface area contributed by atoms with E-state index in [2.05, 4.69) is 30.3 Å². The molecule has 0 spiro atoms. The van der Waals surface area contributed by atoms with Gasteiger partial charge in [-0.25, -0.2) is 4.68 Å². The third kappa shape index (κ3) is 3.58. The van der Waals surface area contributed by atoms with Gasteiger partial charge in [-0.15, -0.1) is 11.3 Å². The highest BCUT2D eigenvalue weighted by molar-refractivity contribution is 7.12. The largest absolute Gasteiger partial charge is 0.473 e. The zero-order chi connectivity index (χ0) is 13.8. The van der Waals surface area contributed by atoms with E-state index in [0.29, 0.717) is 6.61 Å². The molecular formula is C14H21N3OS. The predicted molar refractivity (Wildman–Crippen MR) is 78.7 cm³/mol. The Morgan fingerprint density at radius 3 is 2.79 bits per heavy atom. The van der Waals surface area contributed by atoms with Crippen LogP contribution in [0, 0.1) is 13.8 Å². The first-order chi connectivity index (χ1) is 9.10. The lowest BCUT2D eigenvalue weighted by Gasteiger charge is -2.05. The van der Waals surface area contributed by atoms with Crippen LogP contribution in [-0.2, 0) is 20.2 Å². The Labute approximate surface area is 118 Å². The van der Waals surface area contributed by atoms with Crippen LogP contribution in [0.4, 0.5) is 0 Å². The van der Waals surface area contributed by atoms with E-state index in [1.165, 1.54) is 15.3 Å². The summed E-state index contributed by atoms with van der Waals surface area (Å²) in [6, 6.07) is 4.19. The second-order valence-electron chi connectivity index (χ2n) is 4.61. The molecule has 5 heteroatoms. The van der Waals surface area contributed by atoms with Crippen LogP contribution in [-0.4, -0.2) is 16.3 Å². The normalized spacial score (nSPS) is 10.9. The minimum Gasteiger partial charge on any atom is -0.473 e. The van der Waals surface area contributed by atoms with Crippen molar-refractivity contribution in [3.05, 3.63) is 33.1 Å². The molecule has 2 rings (SSSR count). The fourth-order valence-corrected chi connectivity index (χ4v) is 2.96. The van der Waals surface area contributed by atoms with Gasteiger partial charge >= 0.3 is 0 Å². The topological polar surface area (TPSA) is 39.1 Å². The first kappa shape index (κ1) is 14.1. The van der Waals surface area contributed by atoms with E-state index in [9.17, 15) is 0 Å². The lowest BCUT2D eigenvalue weighted by molar-refractivity contribution is 0.278. The highest BCUT2D eigenvalue weighted by Gasteiger charge is 2.08. The number of thiophene rings is 1. The Morgan fingerprint density at radius 2 is 2.16 bits per heavy atom. The number of nitrogens with one attached hydrogen (secondary N) is 1. The monoisotopic (exact) mass is 279 g/mol. The van der Waals surface area contributed by atoms with E-state index in [1.807, 2.05) is 31.4 Å². The Balaban J connectivity index is 1.99. The minimum absolute atomic E-state index is 0.605. The summed E-state index contributed by atoms with van der Waals surface area (Å²) in [5, 5.41) is 7.62. The highest BCUT2D eigenvalue weighted by atomic mass is 32.1. The first-order valence-corrected chi connectivity index (χ1v) is 7.34. The standard InChI is InChI=1S/C14H21N3OS/c1-5-15-8-13-7-12(11(3)19-13)9-18-14-6-10(2)16-17(14)4/h6-7,15H,5,8-9H2,1-4H3. The van der Waals surface area contributed by atoms with Gasteiger partial charge in [-0.05, 0) is 26.5 Å². The fourth-order valence-electron chi connectivity index (χ4n) is 1.94. The lowest BCUT2D eigenvalue weighted by atomic mass is 10.2. The van der Waals surface area contributed by atoms with Gasteiger partial charge in [0.05, 0.1) is 5.69 Å². The Morgan fingerprint density at radius 1 is 1.37 bits per heavy atom. The Kier molecular flexibility index (Phi) is 4.61. The third-order valence-electron chi connectivity index (χ3n) is 2.96. The highest BCUT2D eigenvalue weighted by Crippen LogP contribution is 2.23. The first-order valence-electron chi connectivity index (χ1n) is 6.52. The maximum absolute atomic E-state index is 5.83. The Hall–Kier alpha value is -1.33. The molecule has 0 atom stereocenters. The van der Waals surface area contributed by atoms with Gasteiger partial charge in [-0.3, -0.25) is 0 Å². The molecule has 0 aliphatic heterocycles. The van der Waals surface area contributed by atoms with Crippen molar-refractivity contribution < 1.29 is 4.74 Å². The van der Waals surface area contributed by atoms with Crippen LogP contribution < -0.4 is 10.1 Å². The zero-order valence-electron chi connectivity index (χ0n) is 12.0. The van der Waals surface area contributed by atoms with Gasteiger partial charge in [0.2, 0.25) is 5.88 Å². The van der Waals surface area contributed by atoms with E-state index >= 15 is 0 Å². The molecule has 4 nitrogen and oxygen atoms in total. The van der Waals surface area contributed by atoms with Crippen LogP contribution in [0.3, 0.4) is 0 Å². The van der Waals surface area contributed by atoms with E-state index in [4.69, 9.17) is 4.74 Å². The average molecular weight is 279 g/mol. The van der Waals surface area contributed by atoms with Crippen molar-refractivity contribution in [2.75, 3.05) is 6.54 Å². The number of hydrogen-bond acceptors (Lipinski definition) is 4. The van der Waals surface area contributed by atoms with Gasteiger partial charge in [-0.2, -0.15) is 5.10 Å². The zero-order valence-corrected chi connectivity index (χ0v) is 12.8. The molecule has 104 valence electrons. The number of hydrogen-bond donors (Lipinski definition) is 1. The molecule has 0 unspecified atom stereocenters. The number of aromatic nitrogens is 2. The van der Waals surface area contributed by atoms with E-state index < -0.39 is 0 Å².